The molecule has 3 N–H and O–H groups in total. The monoisotopic (exact) mass is 295 g/mol. The molecule has 0 amide bonds. The molecule has 0 unspecified atom stereocenters. The first-order valence-electron chi connectivity index (χ1n) is 6.67. The van der Waals surface area contributed by atoms with Crippen molar-refractivity contribution in [2.75, 3.05) is 0 Å². The van der Waals surface area contributed by atoms with Crippen molar-refractivity contribution in [2.24, 2.45) is 0 Å². The molecule has 0 aliphatic rings. The Bertz CT molecular complexity index is 908. The van der Waals surface area contributed by atoms with E-state index in [1.54, 1.807) is 12.3 Å². The molecule has 0 aliphatic heterocycles. The van der Waals surface area contributed by atoms with Crippen LogP contribution in [0.4, 0.5) is 0 Å². The average molecular weight is 295 g/mol. The Balaban J connectivity index is 2.36. The van der Waals surface area contributed by atoms with E-state index in [2.05, 4.69) is 4.98 Å². The van der Waals surface area contributed by atoms with Gasteiger partial charge >= 0.3 is 11.9 Å². The Morgan fingerprint density at radius 2 is 1.73 bits per heavy atom. The van der Waals surface area contributed by atoms with Crippen LogP contribution in [0.1, 0.15) is 26.3 Å². The molecule has 0 radical (unpaired) electrons. The number of H-pyrrole nitrogens is 1. The lowest BCUT2D eigenvalue weighted by molar-refractivity contribution is 0.0696. The highest BCUT2D eigenvalue weighted by atomic mass is 16.4. The molecule has 110 valence electrons. The maximum Gasteiger partial charge on any atom is 0.336 e. The third-order valence-corrected chi connectivity index (χ3v) is 3.79. The highest BCUT2D eigenvalue weighted by Crippen LogP contribution is 2.33. The van der Waals surface area contributed by atoms with Gasteiger partial charge in [-0.2, -0.15) is 0 Å². The summed E-state index contributed by atoms with van der Waals surface area (Å²) < 4.78 is 0. The van der Waals surface area contributed by atoms with Crippen molar-refractivity contribution in [1.29, 1.82) is 0 Å². The van der Waals surface area contributed by atoms with Crippen molar-refractivity contribution in [1.82, 2.24) is 4.98 Å². The first-order chi connectivity index (χ1) is 10.5. The second-order valence-electron chi connectivity index (χ2n) is 5.02. The van der Waals surface area contributed by atoms with Crippen LogP contribution in [0, 0.1) is 6.92 Å². The second-order valence-corrected chi connectivity index (χ2v) is 5.02. The number of hydrogen-bond acceptors (Lipinski definition) is 2. The molecule has 5 nitrogen and oxygen atoms in total. The van der Waals surface area contributed by atoms with Crippen LogP contribution >= 0.6 is 0 Å². The molecule has 3 aromatic rings. The number of rotatable bonds is 3. The zero-order valence-electron chi connectivity index (χ0n) is 11.8. The third kappa shape index (κ3) is 2.03. The van der Waals surface area contributed by atoms with Gasteiger partial charge in [-0.25, -0.2) is 9.59 Å². The molecule has 0 saturated heterocycles. The average Bonchev–Trinajstić information content (AvgIpc) is 2.94. The Hall–Kier alpha value is -3.08. The first kappa shape index (κ1) is 13.9. The molecule has 5 heteroatoms. The number of carboxylic acid groups (broad SMARTS) is 2. The molecule has 0 bridgehead atoms. The summed E-state index contributed by atoms with van der Waals surface area (Å²) >= 11 is 0. The van der Waals surface area contributed by atoms with E-state index in [9.17, 15) is 19.8 Å². The van der Waals surface area contributed by atoms with E-state index in [0.717, 1.165) is 16.5 Å². The minimum Gasteiger partial charge on any atom is -0.478 e. The Labute approximate surface area is 125 Å². The number of benzene rings is 2. The van der Waals surface area contributed by atoms with E-state index in [1.807, 2.05) is 24.3 Å². The van der Waals surface area contributed by atoms with E-state index >= 15 is 0 Å². The zero-order chi connectivity index (χ0) is 15.9. The molecule has 0 saturated carbocycles. The SMILES string of the molecule is Cc1c(C(=O)O)ccc(-c2cccc3[nH]ccc23)c1C(=O)O. The molecular formula is C17H13NO4. The Morgan fingerprint density at radius 3 is 2.41 bits per heavy atom. The molecule has 2 aromatic carbocycles. The van der Waals surface area contributed by atoms with Gasteiger partial charge in [-0.05, 0) is 41.8 Å². The predicted molar refractivity (Wildman–Crippen MR) is 82.4 cm³/mol. The molecule has 22 heavy (non-hydrogen) atoms. The highest BCUT2D eigenvalue weighted by molar-refractivity contribution is 6.06. The minimum absolute atomic E-state index is 0.00222. The van der Waals surface area contributed by atoms with Crippen LogP contribution in [0.25, 0.3) is 22.0 Å². The summed E-state index contributed by atoms with van der Waals surface area (Å²) in [5.74, 6) is -2.27. The van der Waals surface area contributed by atoms with Crippen molar-refractivity contribution in [3.63, 3.8) is 0 Å². The van der Waals surface area contributed by atoms with Crippen molar-refractivity contribution in [2.45, 2.75) is 6.92 Å². The molecule has 1 aromatic heterocycles. The number of hydrogen-bond donors (Lipinski definition) is 3. The summed E-state index contributed by atoms with van der Waals surface area (Å²) in [6, 6.07) is 10.4. The van der Waals surface area contributed by atoms with Crippen LogP contribution in [0.3, 0.4) is 0 Å². The third-order valence-electron chi connectivity index (χ3n) is 3.79. The van der Waals surface area contributed by atoms with Gasteiger partial charge in [0.05, 0.1) is 11.1 Å². The van der Waals surface area contributed by atoms with Gasteiger partial charge in [0.25, 0.3) is 0 Å². The van der Waals surface area contributed by atoms with E-state index < -0.39 is 11.9 Å². The summed E-state index contributed by atoms with van der Waals surface area (Å²) in [6.45, 7) is 1.52. The topological polar surface area (TPSA) is 90.4 Å². The lowest BCUT2D eigenvalue weighted by atomic mass is 9.91. The van der Waals surface area contributed by atoms with Gasteiger partial charge in [0.15, 0.2) is 0 Å². The lowest BCUT2D eigenvalue weighted by Crippen LogP contribution is -2.09. The maximum atomic E-state index is 11.7. The van der Waals surface area contributed by atoms with E-state index in [1.165, 1.54) is 13.0 Å². The molecule has 0 spiro atoms. The number of aromatic nitrogens is 1. The predicted octanol–water partition coefficient (Wildman–Crippen LogP) is 3.54. The summed E-state index contributed by atoms with van der Waals surface area (Å²) in [4.78, 5) is 26.0. The number of aromatic amines is 1. The molecule has 1 heterocycles. The van der Waals surface area contributed by atoms with E-state index in [-0.39, 0.29) is 16.7 Å². The van der Waals surface area contributed by atoms with Crippen molar-refractivity contribution < 1.29 is 19.8 Å². The zero-order valence-corrected chi connectivity index (χ0v) is 11.8. The van der Waals surface area contributed by atoms with Crippen LogP contribution in [-0.4, -0.2) is 27.1 Å². The Kier molecular flexibility index (Phi) is 3.18. The van der Waals surface area contributed by atoms with Gasteiger partial charge < -0.3 is 15.2 Å². The fourth-order valence-corrected chi connectivity index (χ4v) is 2.76. The van der Waals surface area contributed by atoms with Crippen LogP contribution in [0.2, 0.25) is 0 Å². The summed E-state index contributed by atoms with van der Waals surface area (Å²) in [5.41, 5.74) is 2.45. The van der Waals surface area contributed by atoms with Crippen molar-refractivity contribution in [3.8, 4) is 11.1 Å². The molecule has 0 atom stereocenters. The van der Waals surface area contributed by atoms with E-state index in [4.69, 9.17) is 0 Å². The number of aromatic carboxylic acids is 2. The van der Waals surface area contributed by atoms with Crippen molar-refractivity contribution in [3.05, 3.63) is 59.3 Å². The summed E-state index contributed by atoms with van der Waals surface area (Å²) in [7, 11) is 0. The van der Waals surface area contributed by atoms with Gasteiger partial charge in [0.1, 0.15) is 0 Å². The normalized spacial score (nSPS) is 10.8. The lowest BCUT2D eigenvalue weighted by Gasteiger charge is -2.12. The Morgan fingerprint density at radius 1 is 0.955 bits per heavy atom. The standard InChI is InChI=1S/C17H13NO4/c1-9-10(16(19)20)5-6-13(15(9)17(21)22)11-3-2-4-14-12(11)7-8-18-14/h2-8,18H,1H3,(H,19,20)(H,21,22). The van der Waals surface area contributed by atoms with E-state index in [0.29, 0.717) is 5.56 Å². The van der Waals surface area contributed by atoms with Crippen LogP contribution in [0.15, 0.2) is 42.6 Å². The molecule has 0 aliphatic carbocycles. The first-order valence-corrected chi connectivity index (χ1v) is 6.67. The number of carboxylic acids is 2. The largest absolute Gasteiger partial charge is 0.478 e. The van der Waals surface area contributed by atoms with Gasteiger partial charge in [-0.15, -0.1) is 0 Å². The fraction of sp³-hybridized carbons (Fsp3) is 0.0588. The van der Waals surface area contributed by atoms with Crippen molar-refractivity contribution >= 4 is 22.8 Å². The van der Waals surface area contributed by atoms with Crippen LogP contribution in [0.5, 0.6) is 0 Å². The van der Waals surface area contributed by atoms with Gasteiger partial charge in [0, 0.05) is 17.1 Å². The quantitative estimate of drug-likeness (QED) is 0.689. The molecule has 0 fully saturated rings. The molecular weight excluding hydrogens is 282 g/mol. The smallest absolute Gasteiger partial charge is 0.336 e. The highest BCUT2D eigenvalue weighted by Gasteiger charge is 2.21. The van der Waals surface area contributed by atoms with Crippen LogP contribution in [-0.2, 0) is 0 Å². The number of carbonyl (C=O) groups is 2. The number of nitrogens with one attached hydrogen (secondary N) is 1. The van der Waals surface area contributed by atoms with Gasteiger partial charge in [-0.1, -0.05) is 18.2 Å². The molecule has 3 rings (SSSR count). The minimum atomic E-state index is -1.14. The summed E-state index contributed by atoms with van der Waals surface area (Å²) in [6.07, 6.45) is 1.78. The van der Waals surface area contributed by atoms with Crippen LogP contribution < -0.4 is 0 Å². The second kappa shape index (κ2) is 5.04. The van der Waals surface area contributed by atoms with Gasteiger partial charge in [-0.3, -0.25) is 0 Å². The number of fused-ring (bicyclic) bond motifs is 1. The summed E-state index contributed by atoms with van der Waals surface area (Å²) in [5, 5.41) is 19.6. The fourth-order valence-electron chi connectivity index (χ4n) is 2.76. The maximum absolute atomic E-state index is 11.7. The van der Waals surface area contributed by atoms with Gasteiger partial charge in [0.2, 0.25) is 0 Å².